The molecule has 0 amide bonds. The highest BCUT2D eigenvalue weighted by molar-refractivity contribution is 5.48. The molecule has 1 aliphatic rings. The van der Waals surface area contributed by atoms with Gasteiger partial charge in [0, 0.05) is 6.54 Å². The molecule has 1 aromatic heterocycles. The van der Waals surface area contributed by atoms with Crippen LogP contribution in [-0.4, -0.2) is 11.5 Å². The maximum Gasteiger partial charge on any atom is 0.126 e. The zero-order valence-electron chi connectivity index (χ0n) is 9.29. The van der Waals surface area contributed by atoms with Gasteiger partial charge in [0.1, 0.15) is 5.82 Å². The van der Waals surface area contributed by atoms with Crippen LogP contribution in [0.25, 0.3) is 0 Å². The lowest BCUT2D eigenvalue weighted by atomic mass is 10.2. The van der Waals surface area contributed by atoms with Crippen LogP contribution in [0, 0.1) is 12.8 Å². The molecule has 0 spiro atoms. The largest absolute Gasteiger partial charge is 0.397 e. The summed E-state index contributed by atoms with van der Waals surface area (Å²) < 4.78 is 0. The maximum atomic E-state index is 5.70. The number of nitrogens with zero attached hydrogens (tertiary/aromatic N) is 1. The van der Waals surface area contributed by atoms with E-state index in [0.717, 1.165) is 29.7 Å². The molecule has 3 N–H and O–H groups in total. The van der Waals surface area contributed by atoms with Gasteiger partial charge in [-0.15, -0.1) is 0 Å². The average Bonchev–Trinajstić information content (AvgIpc) is 3.02. The van der Waals surface area contributed by atoms with Crippen molar-refractivity contribution >= 4 is 11.5 Å². The van der Waals surface area contributed by atoms with E-state index in [1.165, 1.54) is 25.7 Å². The second-order valence-corrected chi connectivity index (χ2v) is 4.38. The van der Waals surface area contributed by atoms with Gasteiger partial charge in [-0.25, -0.2) is 4.98 Å². The number of anilines is 2. The predicted molar refractivity (Wildman–Crippen MR) is 63.8 cm³/mol. The molecule has 0 aliphatic heterocycles. The lowest BCUT2D eigenvalue weighted by Crippen LogP contribution is -2.05. The Kier molecular flexibility index (Phi) is 3.09. The number of aromatic nitrogens is 1. The van der Waals surface area contributed by atoms with Gasteiger partial charge in [0.25, 0.3) is 0 Å². The minimum Gasteiger partial charge on any atom is -0.397 e. The van der Waals surface area contributed by atoms with E-state index in [1.807, 2.05) is 19.1 Å². The zero-order valence-corrected chi connectivity index (χ0v) is 9.29. The van der Waals surface area contributed by atoms with Crippen LogP contribution < -0.4 is 11.1 Å². The van der Waals surface area contributed by atoms with E-state index < -0.39 is 0 Å². The number of nitrogens with one attached hydrogen (secondary N) is 1. The summed E-state index contributed by atoms with van der Waals surface area (Å²) in [4.78, 5) is 4.37. The fourth-order valence-corrected chi connectivity index (χ4v) is 1.68. The summed E-state index contributed by atoms with van der Waals surface area (Å²) in [5.41, 5.74) is 7.37. The van der Waals surface area contributed by atoms with Crippen LogP contribution >= 0.6 is 0 Å². The van der Waals surface area contributed by atoms with E-state index in [1.54, 1.807) is 0 Å². The van der Waals surface area contributed by atoms with Crippen LogP contribution in [0.15, 0.2) is 12.1 Å². The average molecular weight is 205 g/mol. The molecule has 82 valence electrons. The number of hydrogen-bond donors (Lipinski definition) is 2. The number of pyridine rings is 1. The summed E-state index contributed by atoms with van der Waals surface area (Å²) >= 11 is 0. The van der Waals surface area contributed by atoms with E-state index in [9.17, 15) is 0 Å². The molecule has 0 aromatic carbocycles. The van der Waals surface area contributed by atoms with Crippen LogP contribution in [0.1, 0.15) is 31.4 Å². The number of nitrogens with two attached hydrogens (primary N) is 1. The molecule has 3 heteroatoms. The van der Waals surface area contributed by atoms with Gasteiger partial charge >= 0.3 is 0 Å². The van der Waals surface area contributed by atoms with Gasteiger partial charge in [-0.05, 0) is 37.8 Å². The van der Waals surface area contributed by atoms with Gasteiger partial charge in [-0.2, -0.15) is 0 Å². The van der Waals surface area contributed by atoms with Gasteiger partial charge in [0.15, 0.2) is 0 Å². The van der Waals surface area contributed by atoms with Gasteiger partial charge in [-0.1, -0.05) is 12.8 Å². The quantitative estimate of drug-likeness (QED) is 0.726. The monoisotopic (exact) mass is 205 g/mol. The summed E-state index contributed by atoms with van der Waals surface area (Å²) in [5, 5.41) is 3.33. The molecular weight excluding hydrogens is 186 g/mol. The maximum absolute atomic E-state index is 5.70. The Morgan fingerprint density at radius 3 is 2.93 bits per heavy atom. The van der Waals surface area contributed by atoms with E-state index in [4.69, 9.17) is 5.73 Å². The first-order chi connectivity index (χ1) is 7.25. The third-order valence-corrected chi connectivity index (χ3v) is 2.92. The first-order valence-electron chi connectivity index (χ1n) is 5.72. The van der Waals surface area contributed by atoms with E-state index in [0.29, 0.717) is 0 Å². The van der Waals surface area contributed by atoms with E-state index in [-0.39, 0.29) is 0 Å². The van der Waals surface area contributed by atoms with Crippen LogP contribution in [-0.2, 0) is 0 Å². The fourth-order valence-electron chi connectivity index (χ4n) is 1.68. The number of hydrogen-bond acceptors (Lipinski definition) is 3. The molecule has 1 aromatic rings. The van der Waals surface area contributed by atoms with Crippen molar-refractivity contribution < 1.29 is 0 Å². The summed E-state index contributed by atoms with van der Waals surface area (Å²) in [6.07, 6.45) is 5.50. The summed E-state index contributed by atoms with van der Waals surface area (Å²) in [6, 6.07) is 3.85. The first-order valence-corrected chi connectivity index (χ1v) is 5.72. The number of aryl methyl sites for hydroxylation is 1. The van der Waals surface area contributed by atoms with Crippen LogP contribution in [0.5, 0.6) is 0 Å². The summed E-state index contributed by atoms with van der Waals surface area (Å²) in [7, 11) is 0. The van der Waals surface area contributed by atoms with Crippen molar-refractivity contribution in [1.29, 1.82) is 0 Å². The minimum absolute atomic E-state index is 0.763. The highest BCUT2D eigenvalue weighted by atomic mass is 15.0. The lowest BCUT2D eigenvalue weighted by molar-refractivity contribution is 0.686. The Labute approximate surface area is 91.1 Å². The molecule has 0 saturated heterocycles. The Bertz CT molecular complexity index is 332. The van der Waals surface area contributed by atoms with Crippen molar-refractivity contribution in [2.45, 2.75) is 32.6 Å². The fraction of sp³-hybridized carbons (Fsp3) is 0.583. The third kappa shape index (κ3) is 3.11. The summed E-state index contributed by atoms with van der Waals surface area (Å²) in [6.45, 7) is 2.96. The Balaban J connectivity index is 1.74. The lowest BCUT2D eigenvalue weighted by Gasteiger charge is -2.07. The molecule has 1 aliphatic carbocycles. The molecule has 15 heavy (non-hydrogen) atoms. The highest BCUT2D eigenvalue weighted by Gasteiger charge is 2.19. The number of nitrogen functional groups attached to an aromatic ring is 1. The minimum atomic E-state index is 0.763. The third-order valence-electron chi connectivity index (χ3n) is 2.92. The van der Waals surface area contributed by atoms with Gasteiger partial charge in [-0.3, -0.25) is 0 Å². The molecule has 1 fully saturated rings. The Hall–Kier alpha value is -1.25. The SMILES string of the molecule is Cc1nc(NCCCC2CC2)ccc1N. The van der Waals surface area contributed by atoms with Crippen LogP contribution in [0.4, 0.5) is 11.5 Å². The smallest absolute Gasteiger partial charge is 0.126 e. The first kappa shape index (κ1) is 10.3. The normalized spacial score (nSPS) is 15.3. The molecule has 0 radical (unpaired) electrons. The molecule has 1 heterocycles. The molecular formula is C12H19N3. The van der Waals surface area contributed by atoms with Crippen LogP contribution in [0.2, 0.25) is 0 Å². The van der Waals surface area contributed by atoms with Gasteiger partial charge < -0.3 is 11.1 Å². The molecule has 1 saturated carbocycles. The molecule has 0 bridgehead atoms. The van der Waals surface area contributed by atoms with Gasteiger partial charge in [0.05, 0.1) is 11.4 Å². The van der Waals surface area contributed by atoms with Gasteiger partial charge in [0.2, 0.25) is 0 Å². The zero-order chi connectivity index (χ0) is 10.7. The van der Waals surface area contributed by atoms with E-state index >= 15 is 0 Å². The molecule has 0 atom stereocenters. The second kappa shape index (κ2) is 4.51. The molecule has 0 unspecified atom stereocenters. The highest BCUT2D eigenvalue weighted by Crippen LogP contribution is 2.33. The molecule has 3 nitrogen and oxygen atoms in total. The predicted octanol–water partition coefficient (Wildman–Crippen LogP) is 2.57. The van der Waals surface area contributed by atoms with Crippen molar-refractivity contribution in [1.82, 2.24) is 4.98 Å². The summed E-state index contributed by atoms with van der Waals surface area (Å²) in [5.74, 6) is 1.96. The Morgan fingerprint density at radius 2 is 2.27 bits per heavy atom. The van der Waals surface area contributed by atoms with Crippen molar-refractivity contribution in [3.8, 4) is 0 Å². The van der Waals surface area contributed by atoms with Crippen molar-refractivity contribution in [2.75, 3.05) is 17.6 Å². The molecule has 2 rings (SSSR count). The van der Waals surface area contributed by atoms with Crippen molar-refractivity contribution in [3.63, 3.8) is 0 Å². The van der Waals surface area contributed by atoms with E-state index in [2.05, 4.69) is 10.3 Å². The standard InChI is InChI=1S/C12H19N3/c1-9-11(13)6-7-12(15-9)14-8-2-3-10-4-5-10/h6-7,10H,2-5,8,13H2,1H3,(H,14,15). The van der Waals surface area contributed by atoms with Crippen molar-refractivity contribution in [3.05, 3.63) is 17.8 Å². The topological polar surface area (TPSA) is 50.9 Å². The number of rotatable bonds is 5. The Morgan fingerprint density at radius 1 is 1.47 bits per heavy atom. The van der Waals surface area contributed by atoms with Crippen LogP contribution in [0.3, 0.4) is 0 Å². The second-order valence-electron chi connectivity index (χ2n) is 4.38. The van der Waals surface area contributed by atoms with Crippen molar-refractivity contribution in [2.24, 2.45) is 5.92 Å².